The molecule has 18 heavy (non-hydrogen) atoms. The molecule has 1 nitrogen and oxygen atoms in total. The molecular formula is C14H18F3N. The molecule has 0 saturated carbocycles. The summed E-state index contributed by atoms with van der Waals surface area (Å²) >= 11 is 0. The summed E-state index contributed by atoms with van der Waals surface area (Å²) in [6.45, 7) is 5.01. The van der Waals surface area contributed by atoms with Gasteiger partial charge in [-0.1, -0.05) is 32.0 Å². The van der Waals surface area contributed by atoms with Crippen LogP contribution >= 0.6 is 0 Å². The van der Waals surface area contributed by atoms with E-state index in [-0.39, 0.29) is 5.54 Å². The average Bonchev–Trinajstić information content (AvgIpc) is 2.22. The number of hydrogen-bond donors (Lipinski definition) is 1. The van der Waals surface area contributed by atoms with E-state index in [2.05, 4.69) is 19.2 Å². The Labute approximate surface area is 105 Å². The molecule has 1 aliphatic rings. The van der Waals surface area contributed by atoms with Crippen LogP contribution in [0.2, 0.25) is 0 Å². The Morgan fingerprint density at radius 2 is 1.89 bits per heavy atom. The Kier molecular flexibility index (Phi) is 3.41. The molecule has 0 bridgehead atoms. The molecule has 100 valence electrons. The Bertz CT molecular complexity index is 419. The molecule has 1 atom stereocenters. The number of rotatable bonds is 3. The first-order valence-corrected chi connectivity index (χ1v) is 6.25. The van der Waals surface area contributed by atoms with Gasteiger partial charge in [-0.25, -0.2) is 0 Å². The second-order valence-electron chi connectivity index (χ2n) is 5.32. The lowest BCUT2D eigenvalue weighted by molar-refractivity contribution is -0.138. The molecule has 1 heterocycles. The first-order chi connectivity index (χ1) is 8.35. The molecule has 1 aliphatic heterocycles. The van der Waals surface area contributed by atoms with Gasteiger partial charge in [0.25, 0.3) is 0 Å². The third-order valence-electron chi connectivity index (χ3n) is 3.98. The summed E-state index contributed by atoms with van der Waals surface area (Å²) in [7, 11) is 0. The molecule has 0 aliphatic carbocycles. The number of hydrogen-bond acceptors (Lipinski definition) is 1. The highest BCUT2D eigenvalue weighted by molar-refractivity contribution is 5.32. The number of alkyl halides is 3. The van der Waals surface area contributed by atoms with Gasteiger partial charge in [0.05, 0.1) is 5.56 Å². The molecule has 1 N–H and O–H groups in total. The van der Waals surface area contributed by atoms with Crippen LogP contribution in [0.25, 0.3) is 0 Å². The van der Waals surface area contributed by atoms with Crippen molar-refractivity contribution < 1.29 is 13.2 Å². The average molecular weight is 257 g/mol. The predicted molar refractivity (Wildman–Crippen MR) is 65.3 cm³/mol. The highest BCUT2D eigenvalue weighted by Crippen LogP contribution is 2.37. The topological polar surface area (TPSA) is 12.0 Å². The molecule has 4 heteroatoms. The van der Waals surface area contributed by atoms with Crippen molar-refractivity contribution in [2.45, 2.75) is 38.4 Å². The smallest absolute Gasteiger partial charge is 0.311 e. The third kappa shape index (κ3) is 2.39. The summed E-state index contributed by atoms with van der Waals surface area (Å²) in [6, 6.07) is 5.88. The van der Waals surface area contributed by atoms with Crippen LogP contribution in [0.15, 0.2) is 24.3 Å². The second kappa shape index (κ2) is 4.57. The predicted octanol–water partition coefficient (Wildman–Crippen LogP) is 3.64. The summed E-state index contributed by atoms with van der Waals surface area (Å²) in [6.07, 6.45) is -2.88. The van der Waals surface area contributed by atoms with Crippen molar-refractivity contribution in [1.29, 1.82) is 0 Å². The Morgan fingerprint density at radius 1 is 1.28 bits per heavy atom. The molecule has 1 aromatic carbocycles. The van der Waals surface area contributed by atoms with E-state index in [1.54, 1.807) is 12.1 Å². The van der Waals surface area contributed by atoms with E-state index in [9.17, 15) is 13.2 Å². The standard InChI is InChI=1S/C14H18F3N/c1-10(2)13(7-8-18-13)9-11-5-3-4-6-12(11)14(15,16)17/h3-6,10,18H,7-9H2,1-2H3. The van der Waals surface area contributed by atoms with Gasteiger partial charge in [0, 0.05) is 5.54 Å². The van der Waals surface area contributed by atoms with Gasteiger partial charge in [-0.3, -0.25) is 0 Å². The van der Waals surface area contributed by atoms with Crippen LogP contribution in [0.1, 0.15) is 31.4 Å². The van der Waals surface area contributed by atoms with Crippen LogP contribution in [0.4, 0.5) is 13.2 Å². The maximum atomic E-state index is 12.9. The highest BCUT2D eigenvalue weighted by atomic mass is 19.4. The van der Waals surface area contributed by atoms with Gasteiger partial charge in [0.2, 0.25) is 0 Å². The van der Waals surface area contributed by atoms with E-state index in [1.807, 2.05) is 0 Å². The minimum absolute atomic E-state index is 0.165. The van der Waals surface area contributed by atoms with Crippen LogP contribution in [-0.4, -0.2) is 12.1 Å². The third-order valence-corrected chi connectivity index (χ3v) is 3.98. The fourth-order valence-electron chi connectivity index (χ4n) is 2.58. The number of halogens is 3. The highest BCUT2D eigenvalue weighted by Gasteiger charge is 2.42. The van der Waals surface area contributed by atoms with Crippen molar-refractivity contribution in [3.05, 3.63) is 35.4 Å². The molecule has 0 aromatic heterocycles. The van der Waals surface area contributed by atoms with Crippen molar-refractivity contribution in [3.8, 4) is 0 Å². The zero-order valence-corrected chi connectivity index (χ0v) is 10.6. The molecule has 1 aromatic rings. The maximum Gasteiger partial charge on any atom is 0.416 e. The van der Waals surface area contributed by atoms with Crippen LogP contribution in [0, 0.1) is 5.92 Å². The minimum Gasteiger partial charge on any atom is -0.311 e. The second-order valence-corrected chi connectivity index (χ2v) is 5.32. The van der Waals surface area contributed by atoms with Gasteiger partial charge in [0.1, 0.15) is 0 Å². The molecule has 0 radical (unpaired) electrons. The molecule has 2 rings (SSSR count). The molecule has 1 fully saturated rings. The van der Waals surface area contributed by atoms with E-state index in [4.69, 9.17) is 0 Å². The van der Waals surface area contributed by atoms with Crippen molar-refractivity contribution in [1.82, 2.24) is 5.32 Å². The zero-order chi connectivity index (χ0) is 13.4. The Morgan fingerprint density at radius 3 is 2.33 bits per heavy atom. The van der Waals surface area contributed by atoms with Gasteiger partial charge >= 0.3 is 6.18 Å². The van der Waals surface area contributed by atoms with Crippen molar-refractivity contribution in [3.63, 3.8) is 0 Å². The number of benzene rings is 1. The number of nitrogens with one attached hydrogen (secondary N) is 1. The molecule has 1 unspecified atom stereocenters. The van der Waals surface area contributed by atoms with E-state index in [0.29, 0.717) is 17.9 Å². The van der Waals surface area contributed by atoms with Gasteiger partial charge in [-0.15, -0.1) is 0 Å². The summed E-state index contributed by atoms with van der Waals surface area (Å²) in [5.74, 6) is 0.326. The van der Waals surface area contributed by atoms with Gasteiger partial charge in [-0.05, 0) is 36.9 Å². The summed E-state index contributed by atoms with van der Waals surface area (Å²) in [5.41, 5.74) is -0.272. The lowest BCUT2D eigenvalue weighted by atomic mass is 9.73. The zero-order valence-electron chi connectivity index (χ0n) is 10.6. The first kappa shape index (κ1) is 13.4. The van der Waals surface area contributed by atoms with Crippen molar-refractivity contribution in [2.24, 2.45) is 5.92 Å². The van der Waals surface area contributed by atoms with Crippen LogP contribution in [0.5, 0.6) is 0 Å². The van der Waals surface area contributed by atoms with Crippen molar-refractivity contribution >= 4 is 0 Å². The molecule has 0 amide bonds. The fourth-order valence-corrected chi connectivity index (χ4v) is 2.58. The monoisotopic (exact) mass is 257 g/mol. The molecule has 1 saturated heterocycles. The van der Waals surface area contributed by atoms with E-state index in [1.165, 1.54) is 12.1 Å². The normalized spacial score (nSPS) is 24.1. The van der Waals surface area contributed by atoms with Gasteiger partial charge in [-0.2, -0.15) is 13.2 Å². The largest absolute Gasteiger partial charge is 0.416 e. The fraction of sp³-hybridized carbons (Fsp3) is 0.571. The molecular weight excluding hydrogens is 239 g/mol. The van der Waals surface area contributed by atoms with E-state index >= 15 is 0 Å². The minimum atomic E-state index is -4.27. The Hall–Kier alpha value is -1.03. The first-order valence-electron chi connectivity index (χ1n) is 6.25. The SMILES string of the molecule is CC(C)C1(Cc2ccccc2C(F)(F)F)CCN1. The van der Waals surface area contributed by atoms with Crippen molar-refractivity contribution in [2.75, 3.05) is 6.54 Å². The van der Waals surface area contributed by atoms with Crippen LogP contribution in [-0.2, 0) is 12.6 Å². The van der Waals surface area contributed by atoms with Crippen LogP contribution in [0.3, 0.4) is 0 Å². The summed E-state index contributed by atoms with van der Waals surface area (Å²) in [4.78, 5) is 0. The quantitative estimate of drug-likeness (QED) is 0.871. The van der Waals surface area contributed by atoms with E-state index < -0.39 is 11.7 Å². The lowest BCUT2D eigenvalue weighted by Gasteiger charge is -2.47. The lowest BCUT2D eigenvalue weighted by Crippen LogP contribution is -2.61. The van der Waals surface area contributed by atoms with E-state index in [0.717, 1.165) is 13.0 Å². The maximum absolute atomic E-state index is 12.9. The van der Waals surface area contributed by atoms with Gasteiger partial charge < -0.3 is 5.32 Å². The summed E-state index contributed by atoms with van der Waals surface area (Å²) < 4.78 is 38.8. The van der Waals surface area contributed by atoms with Crippen LogP contribution < -0.4 is 5.32 Å². The Balaban J connectivity index is 2.29. The molecule has 0 spiro atoms. The van der Waals surface area contributed by atoms with Gasteiger partial charge in [0.15, 0.2) is 0 Å². The summed E-state index contributed by atoms with van der Waals surface area (Å²) in [5, 5.41) is 3.32.